The summed E-state index contributed by atoms with van der Waals surface area (Å²) in [6.07, 6.45) is 22.9. The van der Waals surface area contributed by atoms with Crippen molar-refractivity contribution < 1.29 is 0 Å². The number of unbranched alkanes of at least 4 members (excludes halogenated alkanes) is 14. The predicted octanol–water partition coefficient (Wildman–Crippen LogP) is 9.39. The standard InChI is InChI=1S/C27H49N.BrH/c1-4-5-6-7-8-9-10-11-12-13-14-15-16-17-21-24-27(2,3)28-25-26-22-19-18-20-23-26;/h18-20,22-23,28H,4-17,21,24-25H2,1-3H3;1H. The topological polar surface area (TPSA) is 12.0 Å². The van der Waals surface area contributed by atoms with Crippen LogP contribution in [0.25, 0.3) is 0 Å². The van der Waals surface area contributed by atoms with Crippen molar-refractivity contribution in [2.75, 3.05) is 0 Å². The molecule has 0 atom stereocenters. The van der Waals surface area contributed by atoms with Crippen molar-refractivity contribution >= 4 is 17.0 Å². The first-order chi connectivity index (χ1) is 13.6. The first-order valence-electron chi connectivity index (χ1n) is 12.4. The Bertz CT molecular complexity index is 443. The van der Waals surface area contributed by atoms with Crippen LogP contribution in [0.1, 0.15) is 129 Å². The Morgan fingerprint density at radius 1 is 0.621 bits per heavy atom. The van der Waals surface area contributed by atoms with E-state index in [0.29, 0.717) is 0 Å². The van der Waals surface area contributed by atoms with Gasteiger partial charge in [0.15, 0.2) is 0 Å². The number of benzene rings is 1. The highest BCUT2D eigenvalue weighted by Gasteiger charge is 2.15. The van der Waals surface area contributed by atoms with Gasteiger partial charge in [-0.15, -0.1) is 17.0 Å². The molecule has 1 rings (SSSR count). The monoisotopic (exact) mass is 467 g/mol. The molecular weight excluding hydrogens is 418 g/mol. The largest absolute Gasteiger partial charge is 0.308 e. The van der Waals surface area contributed by atoms with Gasteiger partial charge in [0.25, 0.3) is 0 Å². The van der Waals surface area contributed by atoms with Crippen molar-refractivity contribution in [3.8, 4) is 0 Å². The van der Waals surface area contributed by atoms with Gasteiger partial charge in [-0.3, -0.25) is 0 Å². The third kappa shape index (κ3) is 18.2. The molecule has 0 unspecified atom stereocenters. The lowest BCUT2D eigenvalue weighted by molar-refractivity contribution is 0.344. The van der Waals surface area contributed by atoms with E-state index in [0.717, 1.165) is 6.54 Å². The van der Waals surface area contributed by atoms with Gasteiger partial charge in [-0.05, 0) is 25.8 Å². The SMILES string of the molecule is Br.CCCCCCCCCCCCCCCCCC(C)(C)NCc1ccccc1. The van der Waals surface area contributed by atoms with Gasteiger partial charge in [-0.25, -0.2) is 0 Å². The summed E-state index contributed by atoms with van der Waals surface area (Å²) < 4.78 is 0. The average molecular weight is 469 g/mol. The van der Waals surface area contributed by atoms with Gasteiger partial charge in [0, 0.05) is 12.1 Å². The fourth-order valence-corrected chi connectivity index (χ4v) is 3.96. The summed E-state index contributed by atoms with van der Waals surface area (Å²) in [5, 5.41) is 3.72. The van der Waals surface area contributed by atoms with Crippen molar-refractivity contribution in [3.05, 3.63) is 35.9 Å². The van der Waals surface area contributed by atoms with E-state index in [4.69, 9.17) is 0 Å². The smallest absolute Gasteiger partial charge is 0.0210 e. The van der Waals surface area contributed by atoms with Crippen LogP contribution in [0.3, 0.4) is 0 Å². The van der Waals surface area contributed by atoms with E-state index in [1.165, 1.54) is 108 Å². The zero-order chi connectivity index (χ0) is 20.3. The Balaban J connectivity index is 0.00000784. The van der Waals surface area contributed by atoms with Crippen molar-refractivity contribution in [3.63, 3.8) is 0 Å². The van der Waals surface area contributed by atoms with Gasteiger partial charge in [-0.2, -0.15) is 0 Å². The molecule has 1 aromatic carbocycles. The second kappa shape index (κ2) is 19.6. The maximum Gasteiger partial charge on any atom is 0.0210 e. The molecule has 0 amide bonds. The normalized spacial score (nSPS) is 11.4. The molecule has 0 aliphatic heterocycles. The van der Waals surface area contributed by atoms with Gasteiger partial charge in [-0.1, -0.05) is 134 Å². The summed E-state index contributed by atoms with van der Waals surface area (Å²) in [4.78, 5) is 0. The van der Waals surface area contributed by atoms with E-state index < -0.39 is 0 Å². The average Bonchev–Trinajstić information content (AvgIpc) is 2.70. The number of halogens is 1. The maximum atomic E-state index is 3.72. The number of hydrogen-bond acceptors (Lipinski definition) is 1. The van der Waals surface area contributed by atoms with E-state index in [1.807, 2.05) is 0 Å². The molecule has 29 heavy (non-hydrogen) atoms. The van der Waals surface area contributed by atoms with Crippen molar-refractivity contribution in [2.24, 2.45) is 0 Å². The van der Waals surface area contributed by atoms with Crippen LogP contribution >= 0.6 is 17.0 Å². The Kier molecular flexibility index (Phi) is 19.4. The van der Waals surface area contributed by atoms with Crippen LogP contribution in [0.5, 0.6) is 0 Å². The molecule has 0 radical (unpaired) electrons. The summed E-state index contributed by atoms with van der Waals surface area (Å²) in [6.45, 7) is 7.97. The molecule has 1 N–H and O–H groups in total. The van der Waals surface area contributed by atoms with Gasteiger partial charge in [0.1, 0.15) is 0 Å². The summed E-state index contributed by atoms with van der Waals surface area (Å²) in [5.41, 5.74) is 1.62. The second-order valence-corrected chi connectivity index (χ2v) is 9.42. The van der Waals surface area contributed by atoms with Gasteiger partial charge < -0.3 is 5.32 Å². The molecule has 0 bridgehead atoms. The molecular formula is C27H50BrN. The van der Waals surface area contributed by atoms with Crippen molar-refractivity contribution in [1.82, 2.24) is 5.32 Å². The zero-order valence-corrected chi connectivity index (χ0v) is 21.5. The second-order valence-electron chi connectivity index (χ2n) is 9.42. The highest BCUT2D eigenvalue weighted by Crippen LogP contribution is 2.17. The number of hydrogen-bond donors (Lipinski definition) is 1. The van der Waals surface area contributed by atoms with Crippen LogP contribution in [-0.4, -0.2) is 5.54 Å². The van der Waals surface area contributed by atoms with Gasteiger partial charge in [0.05, 0.1) is 0 Å². The maximum absolute atomic E-state index is 3.72. The summed E-state index contributed by atoms with van der Waals surface area (Å²) >= 11 is 0. The van der Waals surface area contributed by atoms with Crippen molar-refractivity contribution in [1.29, 1.82) is 0 Å². The Labute approximate surface area is 193 Å². The molecule has 0 aromatic heterocycles. The summed E-state index contributed by atoms with van der Waals surface area (Å²) in [7, 11) is 0. The van der Waals surface area contributed by atoms with Crippen molar-refractivity contribution in [2.45, 2.75) is 136 Å². The van der Waals surface area contributed by atoms with Crippen LogP contribution in [0.2, 0.25) is 0 Å². The fraction of sp³-hybridized carbons (Fsp3) is 0.778. The number of nitrogens with one attached hydrogen (secondary N) is 1. The Hall–Kier alpha value is -0.340. The molecule has 0 aliphatic rings. The van der Waals surface area contributed by atoms with E-state index in [2.05, 4.69) is 56.4 Å². The summed E-state index contributed by atoms with van der Waals surface area (Å²) in [5.74, 6) is 0. The van der Waals surface area contributed by atoms with Crippen LogP contribution in [0, 0.1) is 0 Å². The van der Waals surface area contributed by atoms with Crippen LogP contribution < -0.4 is 5.32 Å². The molecule has 0 saturated heterocycles. The third-order valence-electron chi connectivity index (χ3n) is 6.02. The molecule has 2 heteroatoms. The lowest BCUT2D eigenvalue weighted by Crippen LogP contribution is -2.38. The zero-order valence-electron chi connectivity index (χ0n) is 19.8. The Morgan fingerprint density at radius 2 is 1.03 bits per heavy atom. The highest BCUT2D eigenvalue weighted by atomic mass is 79.9. The van der Waals surface area contributed by atoms with Gasteiger partial charge in [0.2, 0.25) is 0 Å². The van der Waals surface area contributed by atoms with E-state index in [9.17, 15) is 0 Å². The first kappa shape index (κ1) is 28.7. The Morgan fingerprint density at radius 3 is 1.48 bits per heavy atom. The number of rotatable bonds is 19. The van der Waals surface area contributed by atoms with Crippen LogP contribution in [0.15, 0.2) is 30.3 Å². The minimum absolute atomic E-state index is 0. The fourth-order valence-electron chi connectivity index (χ4n) is 3.96. The lowest BCUT2D eigenvalue weighted by Gasteiger charge is -2.26. The van der Waals surface area contributed by atoms with E-state index in [-0.39, 0.29) is 22.5 Å². The van der Waals surface area contributed by atoms with Crippen LogP contribution in [0.4, 0.5) is 0 Å². The minimum Gasteiger partial charge on any atom is -0.308 e. The predicted molar refractivity (Wildman–Crippen MR) is 137 cm³/mol. The highest BCUT2D eigenvalue weighted by molar-refractivity contribution is 8.93. The minimum atomic E-state index is 0. The summed E-state index contributed by atoms with van der Waals surface area (Å²) in [6, 6.07) is 10.7. The molecule has 0 aliphatic carbocycles. The van der Waals surface area contributed by atoms with Crippen LogP contribution in [-0.2, 0) is 6.54 Å². The third-order valence-corrected chi connectivity index (χ3v) is 6.02. The molecule has 0 spiro atoms. The lowest BCUT2D eigenvalue weighted by atomic mass is 9.95. The van der Waals surface area contributed by atoms with E-state index in [1.54, 1.807) is 0 Å². The molecule has 170 valence electrons. The molecule has 0 heterocycles. The van der Waals surface area contributed by atoms with E-state index >= 15 is 0 Å². The molecule has 0 saturated carbocycles. The molecule has 1 aromatic rings. The van der Waals surface area contributed by atoms with Gasteiger partial charge >= 0.3 is 0 Å². The molecule has 0 fully saturated rings. The quantitative estimate of drug-likeness (QED) is 0.199. The molecule has 1 nitrogen and oxygen atoms in total. The first-order valence-corrected chi connectivity index (χ1v) is 12.4.